The molecule has 1 aliphatic rings. The van der Waals surface area contributed by atoms with Crippen molar-refractivity contribution in [1.82, 2.24) is 0 Å². The van der Waals surface area contributed by atoms with E-state index in [-0.39, 0.29) is 30.1 Å². The number of halogens is 4. The van der Waals surface area contributed by atoms with Crippen LogP contribution >= 0.6 is 12.4 Å². The molecule has 0 saturated carbocycles. The Morgan fingerprint density at radius 3 is 2.50 bits per heavy atom. The Kier molecular flexibility index (Phi) is 6.10. The van der Waals surface area contributed by atoms with Gasteiger partial charge in [-0.15, -0.1) is 25.6 Å². The van der Waals surface area contributed by atoms with Crippen LogP contribution in [0.15, 0.2) is 24.3 Å². The van der Waals surface area contributed by atoms with Crippen molar-refractivity contribution < 1.29 is 22.6 Å². The van der Waals surface area contributed by atoms with Crippen LogP contribution in [0.4, 0.5) is 13.2 Å². The first kappa shape index (κ1) is 17.1. The van der Waals surface area contributed by atoms with Crippen LogP contribution in [0.1, 0.15) is 24.4 Å². The standard InChI is InChI=1S/C13H16F3NO2.ClH/c14-13(15,16)19-11-3-1-2-10(8-11)12(17)9-4-6-18-7-5-9;/h1-3,8-9,12H,4-7,17H2;1H/t12-;/m0./s1. The number of nitrogens with two attached hydrogens (primary N) is 1. The average Bonchev–Trinajstić information content (AvgIpc) is 2.37. The molecule has 1 aromatic carbocycles. The van der Waals surface area contributed by atoms with Gasteiger partial charge in [0.25, 0.3) is 0 Å². The second-order valence-corrected chi connectivity index (χ2v) is 4.60. The minimum Gasteiger partial charge on any atom is -0.406 e. The molecule has 0 aliphatic carbocycles. The van der Waals surface area contributed by atoms with Crippen LogP contribution in [0.2, 0.25) is 0 Å². The predicted octanol–water partition coefficient (Wildman–Crippen LogP) is 3.43. The highest BCUT2D eigenvalue weighted by molar-refractivity contribution is 5.85. The van der Waals surface area contributed by atoms with Gasteiger partial charge in [-0.25, -0.2) is 0 Å². The maximum absolute atomic E-state index is 12.2. The third-order valence-electron chi connectivity index (χ3n) is 3.25. The molecule has 0 spiro atoms. The van der Waals surface area contributed by atoms with E-state index >= 15 is 0 Å². The first-order valence-corrected chi connectivity index (χ1v) is 6.15. The molecule has 0 unspecified atom stereocenters. The fraction of sp³-hybridized carbons (Fsp3) is 0.538. The maximum atomic E-state index is 12.2. The number of ether oxygens (including phenoxy) is 2. The summed E-state index contributed by atoms with van der Waals surface area (Å²) in [5, 5.41) is 0. The lowest BCUT2D eigenvalue weighted by Crippen LogP contribution is -2.27. The summed E-state index contributed by atoms with van der Waals surface area (Å²) >= 11 is 0. The largest absolute Gasteiger partial charge is 0.573 e. The topological polar surface area (TPSA) is 44.5 Å². The quantitative estimate of drug-likeness (QED) is 0.930. The van der Waals surface area contributed by atoms with Crippen LogP contribution in [0, 0.1) is 5.92 Å². The first-order valence-electron chi connectivity index (χ1n) is 6.15. The molecule has 7 heteroatoms. The van der Waals surface area contributed by atoms with Gasteiger partial charge in [-0.1, -0.05) is 12.1 Å². The SMILES string of the molecule is Cl.N[C@H](c1cccc(OC(F)(F)F)c1)C1CCOCC1. The summed E-state index contributed by atoms with van der Waals surface area (Å²) in [6, 6.07) is 5.58. The summed E-state index contributed by atoms with van der Waals surface area (Å²) in [4.78, 5) is 0. The Morgan fingerprint density at radius 2 is 1.90 bits per heavy atom. The molecule has 0 aromatic heterocycles. The molecule has 2 rings (SSSR count). The summed E-state index contributed by atoms with van der Waals surface area (Å²) < 4.78 is 45.6. The molecule has 1 heterocycles. The zero-order valence-corrected chi connectivity index (χ0v) is 11.5. The highest BCUT2D eigenvalue weighted by atomic mass is 35.5. The third kappa shape index (κ3) is 4.85. The summed E-state index contributed by atoms with van der Waals surface area (Å²) in [6.45, 7) is 1.30. The number of rotatable bonds is 3. The van der Waals surface area contributed by atoms with E-state index in [2.05, 4.69) is 4.74 Å². The second kappa shape index (κ2) is 7.15. The molecule has 1 saturated heterocycles. The Balaban J connectivity index is 0.00000200. The van der Waals surface area contributed by atoms with E-state index in [1.54, 1.807) is 6.07 Å². The lowest BCUT2D eigenvalue weighted by atomic mass is 9.88. The van der Waals surface area contributed by atoms with Crippen LogP contribution in [-0.4, -0.2) is 19.6 Å². The monoisotopic (exact) mass is 311 g/mol. The van der Waals surface area contributed by atoms with Gasteiger partial charge >= 0.3 is 6.36 Å². The molecule has 0 radical (unpaired) electrons. The van der Waals surface area contributed by atoms with Gasteiger partial charge in [-0.3, -0.25) is 0 Å². The van der Waals surface area contributed by atoms with Gasteiger partial charge in [0.2, 0.25) is 0 Å². The van der Waals surface area contributed by atoms with Crippen molar-refractivity contribution in [2.75, 3.05) is 13.2 Å². The van der Waals surface area contributed by atoms with Gasteiger partial charge in [-0.2, -0.15) is 0 Å². The van der Waals surface area contributed by atoms with E-state index in [4.69, 9.17) is 10.5 Å². The van der Waals surface area contributed by atoms with Crippen LogP contribution in [0.3, 0.4) is 0 Å². The molecule has 2 N–H and O–H groups in total. The minimum absolute atomic E-state index is 0. The Hall–Kier alpha value is -0.980. The molecule has 0 bridgehead atoms. The number of alkyl halides is 3. The smallest absolute Gasteiger partial charge is 0.406 e. The van der Waals surface area contributed by atoms with E-state index in [1.807, 2.05) is 0 Å². The van der Waals surface area contributed by atoms with Crippen molar-refractivity contribution in [1.29, 1.82) is 0 Å². The van der Waals surface area contributed by atoms with Crippen molar-refractivity contribution >= 4 is 12.4 Å². The van der Waals surface area contributed by atoms with Crippen molar-refractivity contribution in [3.05, 3.63) is 29.8 Å². The van der Waals surface area contributed by atoms with Gasteiger partial charge in [0.05, 0.1) is 0 Å². The van der Waals surface area contributed by atoms with Crippen LogP contribution < -0.4 is 10.5 Å². The third-order valence-corrected chi connectivity index (χ3v) is 3.25. The number of benzene rings is 1. The molecule has 1 aromatic rings. The van der Waals surface area contributed by atoms with E-state index < -0.39 is 6.36 Å². The molecule has 1 aliphatic heterocycles. The predicted molar refractivity (Wildman–Crippen MR) is 70.8 cm³/mol. The molecular formula is C13H17ClF3NO2. The van der Waals surface area contributed by atoms with Crippen molar-refractivity contribution in [2.24, 2.45) is 11.7 Å². The van der Waals surface area contributed by atoms with Gasteiger partial charge in [0.15, 0.2) is 0 Å². The van der Waals surface area contributed by atoms with E-state index in [0.29, 0.717) is 18.8 Å². The van der Waals surface area contributed by atoms with Gasteiger partial charge < -0.3 is 15.2 Å². The lowest BCUT2D eigenvalue weighted by molar-refractivity contribution is -0.274. The normalized spacial score (nSPS) is 18.2. The Labute approximate surface area is 121 Å². The summed E-state index contributed by atoms with van der Waals surface area (Å²) in [5.41, 5.74) is 6.77. The highest BCUT2D eigenvalue weighted by Gasteiger charge is 2.31. The summed E-state index contributed by atoms with van der Waals surface area (Å²) in [6.07, 6.45) is -3.03. The van der Waals surface area contributed by atoms with Gasteiger partial charge in [0.1, 0.15) is 5.75 Å². The zero-order chi connectivity index (χ0) is 13.9. The fourth-order valence-electron chi connectivity index (χ4n) is 2.27. The van der Waals surface area contributed by atoms with Crippen LogP contribution in [0.25, 0.3) is 0 Å². The molecule has 1 fully saturated rings. The fourth-order valence-corrected chi connectivity index (χ4v) is 2.27. The van der Waals surface area contributed by atoms with Gasteiger partial charge in [0, 0.05) is 19.3 Å². The summed E-state index contributed by atoms with van der Waals surface area (Å²) in [5.74, 6) is 0.00222. The Morgan fingerprint density at radius 1 is 1.25 bits per heavy atom. The Bertz CT molecular complexity index is 422. The van der Waals surface area contributed by atoms with Crippen molar-refractivity contribution in [3.8, 4) is 5.75 Å². The van der Waals surface area contributed by atoms with Crippen molar-refractivity contribution in [3.63, 3.8) is 0 Å². The minimum atomic E-state index is -4.68. The molecule has 20 heavy (non-hydrogen) atoms. The number of hydrogen-bond donors (Lipinski definition) is 1. The van der Waals surface area contributed by atoms with Crippen molar-refractivity contribution in [2.45, 2.75) is 25.2 Å². The first-order chi connectivity index (χ1) is 8.96. The molecule has 114 valence electrons. The van der Waals surface area contributed by atoms with E-state index in [0.717, 1.165) is 12.8 Å². The second-order valence-electron chi connectivity index (χ2n) is 4.60. The summed E-state index contributed by atoms with van der Waals surface area (Å²) in [7, 11) is 0. The van der Waals surface area contributed by atoms with Crippen LogP contribution in [-0.2, 0) is 4.74 Å². The van der Waals surface area contributed by atoms with E-state index in [1.165, 1.54) is 18.2 Å². The zero-order valence-electron chi connectivity index (χ0n) is 10.7. The molecule has 0 amide bonds. The number of hydrogen-bond acceptors (Lipinski definition) is 3. The molecular weight excluding hydrogens is 295 g/mol. The average molecular weight is 312 g/mol. The molecule has 3 nitrogen and oxygen atoms in total. The van der Waals surface area contributed by atoms with Gasteiger partial charge in [-0.05, 0) is 36.5 Å². The maximum Gasteiger partial charge on any atom is 0.573 e. The van der Waals surface area contributed by atoms with E-state index in [9.17, 15) is 13.2 Å². The highest BCUT2D eigenvalue weighted by Crippen LogP contribution is 2.31. The molecule has 1 atom stereocenters. The van der Waals surface area contributed by atoms with Crippen LogP contribution in [0.5, 0.6) is 5.75 Å². The lowest BCUT2D eigenvalue weighted by Gasteiger charge is -2.28.